The summed E-state index contributed by atoms with van der Waals surface area (Å²) in [6, 6.07) is 0. The fourth-order valence-electron chi connectivity index (χ4n) is 2.24. The maximum Gasteiger partial charge on any atom is 0.312 e. The minimum absolute atomic E-state index is 0.304. The van der Waals surface area contributed by atoms with Crippen molar-refractivity contribution in [1.29, 1.82) is 0 Å². The summed E-state index contributed by atoms with van der Waals surface area (Å²) in [5.74, 6) is -0.620. The van der Waals surface area contributed by atoms with Crippen LogP contribution in [-0.2, 0) is 9.59 Å². The highest BCUT2D eigenvalue weighted by atomic mass is 16.2. The van der Waals surface area contributed by atoms with Crippen molar-refractivity contribution < 1.29 is 9.59 Å². The molecule has 0 spiro atoms. The summed E-state index contributed by atoms with van der Waals surface area (Å²) >= 11 is 0. The van der Waals surface area contributed by atoms with E-state index in [2.05, 4.69) is 5.32 Å². The molecule has 0 atom stereocenters. The van der Waals surface area contributed by atoms with Gasteiger partial charge < -0.3 is 15.1 Å². The van der Waals surface area contributed by atoms with Crippen LogP contribution in [0.3, 0.4) is 0 Å². The molecule has 5 heteroatoms. The molecule has 2 saturated heterocycles. The van der Waals surface area contributed by atoms with Gasteiger partial charge in [0.1, 0.15) is 0 Å². The van der Waals surface area contributed by atoms with Crippen molar-refractivity contribution in [3.63, 3.8) is 0 Å². The Morgan fingerprint density at radius 1 is 0.750 bits per heavy atom. The summed E-state index contributed by atoms with van der Waals surface area (Å²) in [6.07, 6.45) is 3.23. The van der Waals surface area contributed by atoms with E-state index < -0.39 is 0 Å². The maximum absolute atomic E-state index is 11.9. The standard InChI is InChI=1S/C11H19N3O2/c15-10(13-6-2-1-3-7-13)11(16)14-8-4-12-5-9-14/h12H,1-9H2. The number of piperazine rings is 1. The number of nitrogens with one attached hydrogen (secondary N) is 1. The molecule has 0 aromatic rings. The lowest BCUT2D eigenvalue weighted by molar-refractivity contribution is -0.152. The average Bonchev–Trinajstić information content (AvgIpc) is 2.39. The van der Waals surface area contributed by atoms with Crippen LogP contribution < -0.4 is 5.32 Å². The van der Waals surface area contributed by atoms with Gasteiger partial charge in [0.25, 0.3) is 0 Å². The van der Waals surface area contributed by atoms with Gasteiger partial charge in [-0.25, -0.2) is 0 Å². The van der Waals surface area contributed by atoms with Crippen LogP contribution in [-0.4, -0.2) is 60.9 Å². The number of likely N-dealkylation sites (tertiary alicyclic amines) is 1. The average molecular weight is 225 g/mol. The van der Waals surface area contributed by atoms with Gasteiger partial charge >= 0.3 is 11.8 Å². The molecule has 0 saturated carbocycles. The first kappa shape index (κ1) is 11.4. The van der Waals surface area contributed by atoms with Crippen molar-refractivity contribution in [1.82, 2.24) is 15.1 Å². The van der Waals surface area contributed by atoms with E-state index in [-0.39, 0.29) is 11.8 Å². The smallest absolute Gasteiger partial charge is 0.312 e. The predicted molar refractivity (Wildman–Crippen MR) is 59.9 cm³/mol. The first-order valence-corrected chi connectivity index (χ1v) is 6.08. The summed E-state index contributed by atoms with van der Waals surface area (Å²) < 4.78 is 0. The lowest BCUT2D eigenvalue weighted by atomic mass is 10.1. The zero-order valence-electron chi connectivity index (χ0n) is 9.57. The molecule has 2 fully saturated rings. The van der Waals surface area contributed by atoms with Crippen LogP contribution in [0, 0.1) is 0 Å². The Hall–Kier alpha value is -1.10. The topological polar surface area (TPSA) is 52.7 Å². The molecule has 2 amide bonds. The Kier molecular flexibility index (Phi) is 3.77. The second-order valence-electron chi connectivity index (χ2n) is 4.40. The fourth-order valence-corrected chi connectivity index (χ4v) is 2.24. The van der Waals surface area contributed by atoms with Crippen LogP contribution >= 0.6 is 0 Å². The Morgan fingerprint density at radius 3 is 1.81 bits per heavy atom. The Bertz CT molecular complexity index is 240. The van der Waals surface area contributed by atoms with Crippen LogP contribution in [0.25, 0.3) is 0 Å². The number of piperidine rings is 1. The van der Waals surface area contributed by atoms with Crippen molar-refractivity contribution in [2.75, 3.05) is 39.3 Å². The SMILES string of the molecule is O=C(C(=O)N1CCNCC1)N1CCCCC1. The molecule has 1 N–H and O–H groups in total. The third kappa shape index (κ3) is 2.52. The minimum atomic E-state index is -0.316. The van der Waals surface area contributed by atoms with Gasteiger partial charge in [-0.05, 0) is 19.3 Å². The second-order valence-corrected chi connectivity index (χ2v) is 4.40. The van der Waals surface area contributed by atoms with Crippen LogP contribution in [0.1, 0.15) is 19.3 Å². The molecule has 2 rings (SSSR count). The number of hydrogen-bond acceptors (Lipinski definition) is 3. The van der Waals surface area contributed by atoms with Crippen molar-refractivity contribution in [3.05, 3.63) is 0 Å². The highest BCUT2D eigenvalue weighted by molar-refractivity contribution is 6.34. The number of amides is 2. The molecule has 0 aromatic heterocycles. The van der Waals surface area contributed by atoms with Gasteiger partial charge in [-0.15, -0.1) is 0 Å². The lowest BCUT2D eigenvalue weighted by Crippen LogP contribution is -2.52. The first-order valence-electron chi connectivity index (χ1n) is 6.08. The Balaban J connectivity index is 1.89. The second kappa shape index (κ2) is 5.30. The predicted octanol–water partition coefficient (Wildman–Crippen LogP) is -0.569. The van der Waals surface area contributed by atoms with Crippen molar-refractivity contribution in [2.45, 2.75) is 19.3 Å². The molecule has 0 bridgehead atoms. The summed E-state index contributed by atoms with van der Waals surface area (Å²) in [6.45, 7) is 4.38. The molecule has 0 aliphatic carbocycles. The van der Waals surface area contributed by atoms with E-state index in [1.165, 1.54) is 6.42 Å². The number of hydrogen-bond donors (Lipinski definition) is 1. The highest BCUT2D eigenvalue weighted by Gasteiger charge is 2.28. The minimum Gasteiger partial charge on any atom is -0.334 e. The van der Waals surface area contributed by atoms with Crippen molar-refractivity contribution >= 4 is 11.8 Å². The van der Waals surface area contributed by atoms with E-state index >= 15 is 0 Å². The Morgan fingerprint density at radius 2 is 1.25 bits per heavy atom. The van der Waals surface area contributed by atoms with Gasteiger partial charge in [-0.1, -0.05) is 0 Å². The first-order chi connectivity index (χ1) is 7.79. The van der Waals surface area contributed by atoms with E-state index in [4.69, 9.17) is 0 Å². The molecule has 16 heavy (non-hydrogen) atoms. The zero-order valence-corrected chi connectivity index (χ0v) is 9.57. The van der Waals surface area contributed by atoms with E-state index in [1.807, 2.05) is 0 Å². The maximum atomic E-state index is 11.9. The summed E-state index contributed by atoms with van der Waals surface area (Å²) in [7, 11) is 0. The third-order valence-corrected chi connectivity index (χ3v) is 3.23. The molecule has 5 nitrogen and oxygen atoms in total. The number of rotatable bonds is 0. The molecular formula is C11H19N3O2. The zero-order chi connectivity index (χ0) is 11.4. The van der Waals surface area contributed by atoms with Crippen LogP contribution in [0.15, 0.2) is 0 Å². The highest BCUT2D eigenvalue weighted by Crippen LogP contribution is 2.09. The van der Waals surface area contributed by atoms with Crippen molar-refractivity contribution in [3.8, 4) is 0 Å². The lowest BCUT2D eigenvalue weighted by Gasteiger charge is -2.31. The quantitative estimate of drug-likeness (QED) is 0.562. The number of carbonyl (C=O) groups excluding carboxylic acids is 2. The van der Waals surface area contributed by atoms with E-state index in [1.54, 1.807) is 9.80 Å². The van der Waals surface area contributed by atoms with Gasteiger partial charge in [0.15, 0.2) is 0 Å². The van der Waals surface area contributed by atoms with Crippen molar-refractivity contribution in [2.24, 2.45) is 0 Å². The largest absolute Gasteiger partial charge is 0.334 e. The van der Waals surface area contributed by atoms with Gasteiger partial charge in [-0.2, -0.15) is 0 Å². The molecule has 0 radical (unpaired) electrons. The van der Waals surface area contributed by atoms with Gasteiger partial charge in [-0.3, -0.25) is 9.59 Å². The normalized spacial score (nSPS) is 22.0. The van der Waals surface area contributed by atoms with Gasteiger partial charge in [0, 0.05) is 39.3 Å². The van der Waals surface area contributed by atoms with Crippen LogP contribution in [0.2, 0.25) is 0 Å². The van der Waals surface area contributed by atoms with E-state index in [0.717, 1.165) is 39.0 Å². The third-order valence-electron chi connectivity index (χ3n) is 3.23. The molecule has 2 aliphatic rings. The Labute approximate surface area is 95.8 Å². The van der Waals surface area contributed by atoms with Crippen LogP contribution in [0.5, 0.6) is 0 Å². The summed E-state index contributed by atoms with van der Waals surface area (Å²) in [5.41, 5.74) is 0. The molecule has 90 valence electrons. The molecule has 2 heterocycles. The van der Waals surface area contributed by atoms with E-state index in [9.17, 15) is 9.59 Å². The molecule has 0 unspecified atom stereocenters. The van der Waals surface area contributed by atoms with Gasteiger partial charge in [0.2, 0.25) is 0 Å². The van der Waals surface area contributed by atoms with E-state index in [0.29, 0.717) is 13.1 Å². The monoisotopic (exact) mass is 225 g/mol. The number of carbonyl (C=O) groups is 2. The van der Waals surface area contributed by atoms with Gasteiger partial charge in [0.05, 0.1) is 0 Å². The number of nitrogens with zero attached hydrogens (tertiary/aromatic N) is 2. The summed E-state index contributed by atoms with van der Waals surface area (Å²) in [4.78, 5) is 27.2. The van der Waals surface area contributed by atoms with Crippen LogP contribution in [0.4, 0.5) is 0 Å². The fraction of sp³-hybridized carbons (Fsp3) is 0.818. The summed E-state index contributed by atoms with van der Waals surface area (Å²) in [5, 5.41) is 3.17. The molecular weight excluding hydrogens is 206 g/mol. The molecule has 0 aromatic carbocycles. The molecule has 2 aliphatic heterocycles.